The summed E-state index contributed by atoms with van der Waals surface area (Å²) in [5, 5.41) is 3.21. The van der Waals surface area contributed by atoms with Gasteiger partial charge in [-0.2, -0.15) is 0 Å². The molecule has 1 aromatic rings. The van der Waals surface area contributed by atoms with Crippen LogP contribution in [0.3, 0.4) is 0 Å². The van der Waals surface area contributed by atoms with E-state index < -0.39 is 6.36 Å². The molecular formula is C14H20F3NO3. The lowest BCUT2D eigenvalue weighted by Gasteiger charge is -2.10. The Kier molecular flexibility index (Phi) is 7.92. The van der Waals surface area contributed by atoms with Gasteiger partial charge in [0, 0.05) is 13.7 Å². The fourth-order valence-electron chi connectivity index (χ4n) is 1.58. The largest absolute Gasteiger partial charge is 0.573 e. The molecule has 0 atom stereocenters. The van der Waals surface area contributed by atoms with Crippen LogP contribution < -0.4 is 14.8 Å². The van der Waals surface area contributed by atoms with Gasteiger partial charge in [-0.15, -0.1) is 13.2 Å². The quantitative estimate of drug-likeness (QED) is 0.675. The van der Waals surface area contributed by atoms with Crippen molar-refractivity contribution in [3.8, 4) is 11.5 Å². The van der Waals surface area contributed by atoms with E-state index in [0.717, 1.165) is 25.9 Å². The van der Waals surface area contributed by atoms with Crippen LogP contribution in [0.25, 0.3) is 0 Å². The Morgan fingerprint density at radius 1 is 0.952 bits per heavy atom. The Hall–Kier alpha value is -1.47. The Balaban J connectivity index is 2.13. The third kappa shape index (κ3) is 9.14. The maximum atomic E-state index is 12.0. The maximum absolute atomic E-state index is 12.0. The first kappa shape index (κ1) is 17.6. The molecule has 21 heavy (non-hydrogen) atoms. The average molecular weight is 307 g/mol. The molecule has 0 saturated heterocycles. The van der Waals surface area contributed by atoms with Gasteiger partial charge in [0.15, 0.2) is 0 Å². The van der Waals surface area contributed by atoms with Gasteiger partial charge >= 0.3 is 6.36 Å². The van der Waals surface area contributed by atoms with Crippen molar-refractivity contribution in [2.75, 3.05) is 33.4 Å². The molecule has 0 heterocycles. The summed E-state index contributed by atoms with van der Waals surface area (Å²) in [6.07, 6.45) is -2.85. The molecule has 0 aliphatic carbocycles. The molecule has 0 unspecified atom stereocenters. The zero-order chi connectivity index (χ0) is 15.6. The van der Waals surface area contributed by atoms with Gasteiger partial charge in [0.2, 0.25) is 0 Å². The van der Waals surface area contributed by atoms with Crippen LogP contribution >= 0.6 is 0 Å². The minimum Gasteiger partial charge on any atom is -0.494 e. The molecule has 1 aromatic carbocycles. The summed E-state index contributed by atoms with van der Waals surface area (Å²) in [6, 6.07) is 5.38. The smallest absolute Gasteiger partial charge is 0.494 e. The Bertz CT molecular complexity index is 382. The molecule has 4 nitrogen and oxygen atoms in total. The fraction of sp³-hybridized carbons (Fsp3) is 0.571. The zero-order valence-corrected chi connectivity index (χ0v) is 11.9. The summed E-state index contributed by atoms with van der Waals surface area (Å²) in [4.78, 5) is 0. The van der Waals surface area contributed by atoms with E-state index in [1.54, 1.807) is 7.11 Å². The van der Waals surface area contributed by atoms with Crippen molar-refractivity contribution in [1.29, 1.82) is 0 Å². The maximum Gasteiger partial charge on any atom is 0.573 e. The molecule has 0 bridgehead atoms. The van der Waals surface area contributed by atoms with Gasteiger partial charge < -0.3 is 19.5 Å². The van der Waals surface area contributed by atoms with Crippen LogP contribution in [0.1, 0.15) is 12.8 Å². The van der Waals surface area contributed by atoms with E-state index in [1.165, 1.54) is 24.3 Å². The lowest BCUT2D eigenvalue weighted by molar-refractivity contribution is -0.274. The lowest BCUT2D eigenvalue weighted by atomic mass is 10.3. The van der Waals surface area contributed by atoms with Gasteiger partial charge in [0.25, 0.3) is 0 Å². The first-order valence-corrected chi connectivity index (χ1v) is 6.69. The number of methoxy groups -OCH3 is 1. The summed E-state index contributed by atoms with van der Waals surface area (Å²) < 4.78 is 50.0. The van der Waals surface area contributed by atoms with Crippen LogP contribution in [0.5, 0.6) is 11.5 Å². The van der Waals surface area contributed by atoms with E-state index in [0.29, 0.717) is 19.0 Å². The Morgan fingerprint density at radius 2 is 1.62 bits per heavy atom. The van der Waals surface area contributed by atoms with Crippen molar-refractivity contribution in [2.24, 2.45) is 0 Å². The normalized spacial score (nSPS) is 11.4. The van der Waals surface area contributed by atoms with E-state index in [1.807, 2.05) is 0 Å². The first-order chi connectivity index (χ1) is 10.0. The van der Waals surface area contributed by atoms with Crippen molar-refractivity contribution >= 4 is 0 Å². The highest BCUT2D eigenvalue weighted by Crippen LogP contribution is 2.24. The molecule has 0 amide bonds. The molecule has 0 aliphatic rings. The second-order valence-electron chi connectivity index (χ2n) is 4.32. The molecular weight excluding hydrogens is 287 g/mol. The molecule has 0 spiro atoms. The molecule has 1 rings (SSSR count). The summed E-state index contributed by atoms with van der Waals surface area (Å²) >= 11 is 0. The van der Waals surface area contributed by atoms with E-state index in [9.17, 15) is 13.2 Å². The van der Waals surface area contributed by atoms with Crippen molar-refractivity contribution < 1.29 is 27.4 Å². The number of nitrogens with one attached hydrogen (secondary N) is 1. The zero-order valence-electron chi connectivity index (χ0n) is 11.9. The predicted molar refractivity (Wildman–Crippen MR) is 72.6 cm³/mol. The minimum absolute atomic E-state index is 0.253. The van der Waals surface area contributed by atoms with Gasteiger partial charge in [0.05, 0.1) is 13.2 Å². The number of rotatable bonds is 10. The number of hydrogen-bond acceptors (Lipinski definition) is 4. The third-order valence-electron chi connectivity index (χ3n) is 2.56. The second-order valence-corrected chi connectivity index (χ2v) is 4.32. The summed E-state index contributed by atoms with van der Waals surface area (Å²) in [7, 11) is 1.65. The highest BCUT2D eigenvalue weighted by molar-refractivity contribution is 5.31. The van der Waals surface area contributed by atoms with Gasteiger partial charge in [-0.05, 0) is 43.7 Å². The molecule has 0 saturated carbocycles. The van der Waals surface area contributed by atoms with E-state index in [4.69, 9.17) is 9.47 Å². The monoisotopic (exact) mass is 307 g/mol. The SMILES string of the molecule is COCCNCCCCOc1ccc(OC(F)(F)F)cc1. The first-order valence-electron chi connectivity index (χ1n) is 6.69. The number of alkyl halides is 3. The van der Waals surface area contributed by atoms with Crippen molar-refractivity contribution in [1.82, 2.24) is 5.32 Å². The summed E-state index contributed by atoms with van der Waals surface area (Å²) in [5.41, 5.74) is 0. The van der Waals surface area contributed by atoms with Crippen LogP contribution in [0.15, 0.2) is 24.3 Å². The molecule has 0 fully saturated rings. The second kappa shape index (κ2) is 9.46. The van der Waals surface area contributed by atoms with Gasteiger partial charge in [-0.1, -0.05) is 0 Å². The van der Waals surface area contributed by atoms with Crippen molar-refractivity contribution in [2.45, 2.75) is 19.2 Å². The van der Waals surface area contributed by atoms with Crippen molar-refractivity contribution in [3.63, 3.8) is 0 Å². The van der Waals surface area contributed by atoms with Crippen LogP contribution in [-0.2, 0) is 4.74 Å². The third-order valence-corrected chi connectivity index (χ3v) is 2.56. The number of halogens is 3. The number of benzene rings is 1. The van der Waals surface area contributed by atoms with E-state index >= 15 is 0 Å². The number of unbranched alkanes of at least 4 members (excludes halogenated alkanes) is 1. The Morgan fingerprint density at radius 3 is 2.24 bits per heavy atom. The predicted octanol–water partition coefficient (Wildman–Crippen LogP) is 2.98. The van der Waals surface area contributed by atoms with Crippen LogP contribution in [0, 0.1) is 0 Å². The molecule has 0 aromatic heterocycles. The summed E-state index contributed by atoms with van der Waals surface area (Å²) in [5.74, 6) is 0.272. The van der Waals surface area contributed by atoms with Crippen LogP contribution in [-0.4, -0.2) is 39.8 Å². The molecule has 0 radical (unpaired) electrons. The highest BCUT2D eigenvalue weighted by atomic mass is 19.4. The Labute approximate surface area is 122 Å². The standard InChI is InChI=1S/C14H20F3NO3/c1-19-11-9-18-8-2-3-10-20-12-4-6-13(7-5-12)21-14(15,16)17/h4-7,18H,2-3,8-11H2,1H3. The number of hydrogen-bond donors (Lipinski definition) is 1. The molecule has 120 valence electrons. The van der Waals surface area contributed by atoms with Gasteiger partial charge in [0.1, 0.15) is 11.5 Å². The van der Waals surface area contributed by atoms with Crippen LogP contribution in [0.2, 0.25) is 0 Å². The number of ether oxygens (including phenoxy) is 3. The van der Waals surface area contributed by atoms with E-state index in [-0.39, 0.29) is 5.75 Å². The van der Waals surface area contributed by atoms with Gasteiger partial charge in [-0.25, -0.2) is 0 Å². The molecule has 0 aliphatic heterocycles. The molecule has 7 heteroatoms. The minimum atomic E-state index is -4.67. The van der Waals surface area contributed by atoms with E-state index in [2.05, 4.69) is 10.1 Å². The van der Waals surface area contributed by atoms with Crippen molar-refractivity contribution in [3.05, 3.63) is 24.3 Å². The highest BCUT2D eigenvalue weighted by Gasteiger charge is 2.30. The summed E-state index contributed by atoms with van der Waals surface area (Å²) in [6.45, 7) is 2.90. The van der Waals surface area contributed by atoms with Gasteiger partial charge in [-0.3, -0.25) is 0 Å². The molecule has 1 N–H and O–H groups in total. The topological polar surface area (TPSA) is 39.7 Å². The lowest BCUT2D eigenvalue weighted by Crippen LogP contribution is -2.20. The van der Waals surface area contributed by atoms with Crippen LogP contribution in [0.4, 0.5) is 13.2 Å². The average Bonchev–Trinajstić information content (AvgIpc) is 2.42. The fourth-order valence-corrected chi connectivity index (χ4v) is 1.58.